The van der Waals surface area contributed by atoms with E-state index >= 15 is 0 Å². The summed E-state index contributed by atoms with van der Waals surface area (Å²) in [5, 5.41) is 8.63. The predicted octanol–water partition coefficient (Wildman–Crippen LogP) is 0.806. The summed E-state index contributed by atoms with van der Waals surface area (Å²) in [6, 6.07) is 0. The lowest BCUT2D eigenvalue weighted by atomic mass is 10.1. The standard InChI is InChI=1S/C10H22N2O4S/c1-5-7-11-17(15,16)12(10(2,3)4)8-6-9(13)14/h11H,5-8H2,1-4H3,(H,13,14). The number of carboxylic acids is 1. The third-order valence-corrected chi connectivity index (χ3v) is 3.98. The van der Waals surface area contributed by atoms with Crippen LogP contribution in [0.2, 0.25) is 0 Å². The van der Waals surface area contributed by atoms with Gasteiger partial charge in [0.25, 0.3) is 10.2 Å². The van der Waals surface area contributed by atoms with Crippen LogP contribution in [-0.2, 0) is 15.0 Å². The van der Waals surface area contributed by atoms with Gasteiger partial charge in [-0.15, -0.1) is 0 Å². The average molecular weight is 266 g/mol. The largest absolute Gasteiger partial charge is 0.481 e. The second-order valence-corrected chi connectivity index (χ2v) is 6.47. The molecular formula is C10H22N2O4S. The number of aliphatic carboxylic acids is 1. The Bertz CT molecular complexity index is 346. The molecule has 0 saturated heterocycles. The number of nitrogens with zero attached hydrogens (tertiary/aromatic N) is 1. The van der Waals surface area contributed by atoms with Crippen molar-refractivity contribution >= 4 is 16.2 Å². The zero-order chi connectivity index (χ0) is 13.7. The maximum absolute atomic E-state index is 12.0. The molecular weight excluding hydrogens is 244 g/mol. The Labute approximate surface area is 103 Å². The minimum absolute atomic E-state index is 0.0299. The molecule has 0 radical (unpaired) electrons. The summed E-state index contributed by atoms with van der Waals surface area (Å²) >= 11 is 0. The molecule has 0 heterocycles. The van der Waals surface area contributed by atoms with Gasteiger partial charge in [0, 0.05) is 18.6 Å². The molecule has 0 spiro atoms. The molecule has 0 aliphatic heterocycles. The van der Waals surface area contributed by atoms with E-state index in [1.54, 1.807) is 20.8 Å². The summed E-state index contributed by atoms with van der Waals surface area (Å²) in [6.45, 7) is 7.39. The van der Waals surface area contributed by atoms with Crippen LogP contribution in [0.3, 0.4) is 0 Å². The van der Waals surface area contributed by atoms with Crippen molar-refractivity contribution in [1.82, 2.24) is 9.03 Å². The Morgan fingerprint density at radius 3 is 2.24 bits per heavy atom. The Morgan fingerprint density at radius 1 is 1.35 bits per heavy atom. The molecule has 0 saturated carbocycles. The lowest BCUT2D eigenvalue weighted by Gasteiger charge is -2.34. The fraction of sp³-hybridized carbons (Fsp3) is 0.900. The minimum Gasteiger partial charge on any atom is -0.481 e. The first-order valence-electron chi connectivity index (χ1n) is 5.60. The van der Waals surface area contributed by atoms with E-state index in [1.165, 1.54) is 4.31 Å². The molecule has 0 aromatic heterocycles. The molecule has 0 unspecified atom stereocenters. The molecule has 0 atom stereocenters. The van der Waals surface area contributed by atoms with Crippen molar-refractivity contribution < 1.29 is 18.3 Å². The van der Waals surface area contributed by atoms with Crippen LogP contribution >= 0.6 is 0 Å². The van der Waals surface area contributed by atoms with Crippen molar-refractivity contribution in [3.05, 3.63) is 0 Å². The van der Waals surface area contributed by atoms with E-state index in [4.69, 9.17) is 5.11 Å². The van der Waals surface area contributed by atoms with Crippen LogP contribution < -0.4 is 4.72 Å². The highest BCUT2D eigenvalue weighted by Gasteiger charge is 2.32. The minimum atomic E-state index is -3.62. The van der Waals surface area contributed by atoms with Crippen LogP contribution in [0.1, 0.15) is 40.5 Å². The zero-order valence-electron chi connectivity index (χ0n) is 10.9. The van der Waals surface area contributed by atoms with Gasteiger partial charge >= 0.3 is 5.97 Å². The average Bonchev–Trinajstić information content (AvgIpc) is 2.11. The Hall–Kier alpha value is -0.660. The zero-order valence-corrected chi connectivity index (χ0v) is 11.7. The van der Waals surface area contributed by atoms with E-state index in [9.17, 15) is 13.2 Å². The van der Waals surface area contributed by atoms with Gasteiger partial charge in [-0.1, -0.05) is 6.92 Å². The molecule has 17 heavy (non-hydrogen) atoms. The first-order chi connectivity index (χ1) is 7.61. The van der Waals surface area contributed by atoms with Crippen LogP contribution in [0.25, 0.3) is 0 Å². The third-order valence-electron chi connectivity index (χ3n) is 2.10. The summed E-state index contributed by atoms with van der Waals surface area (Å²) in [5.74, 6) is -1.01. The summed E-state index contributed by atoms with van der Waals surface area (Å²) in [5.41, 5.74) is -0.644. The molecule has 0 aliphatic rings. The first kappa shape index (κ1) is 16.3. The highest BCUT2D eigenvalue weighted by Crippen LogP contribution is 2.17. The molecule has 0 aromatic rings. The molecule has 2 N–H and O–H groups in total. The van der Waals surface area contributed by atoms with Crippen molar-refractivity contribution in [3.63, 3.8) is 0 Å². The van der Waals surface area contributed by atoms with Crippen molar-refractivity contribution in [1.29, 1.82) is 0 Å². The third kappa shape index (κ3) is 5.99. The highest BCUT2D eigenvalue weighted by molar-refractivity contribution is 7.87. The number of rotatable bonds is 7. The number of hydrogen-bond donors (Lipinski definition) is 2. The highest BCUT2D eigenvalue weighted by atomic mass is 32.2. The van der Waals surface area contributed by atoms with Gasteiger partial charge in [0.15, 0.2) is 0 Å². The van der Waals surface area contributed by atoms with Crippen molar-refractivity contribution in [2.24, 2.45) is 0 Å². The smallest absolute Gasteiger partial charge is 0.304 e. The summed E-state index contributed by atoms with van der Waals surface area (Å²) in [6.07, 6.45) is 0.487. The molecule has 0 rings (SSSR count). The van der Waals surface area contributed by atoms with Crippen molar-refractivity contribution in [2.45, 2.75) is 46.1 Å². The van der Waals surface area contributed by atoms with E-state index in [2.05, 4.69) is 4.72 Å². The second-order valence-electron chi connectivity index (χ2n) is 4.79. The first-order valence-corrected chi connectivity index (χ1v) is 7.04. The normalized spacial score (nSPS) is 13.0. The number of carbonyl (C=O) groups is 1. The van der Waals surface area contributed by atoms with Gasteiger partial charge in [0.1, 0.15) is 0 Å². The second kappa shape index (κ2) is 6.32. The molecule has 0 aliphatic carbocycles. The molecule has 102 valence electrons. The van der Waals surface area contributed by atoms with Gasteiger partial charge in [-0.2, -0.15) is 12.7 Å². The van der Waals surface area contributed by atoms with Crippen LogP contribution in [-0.4, -0.2) is 42.4 Å². The fourth-order valence-corrected chi connectivity index (χ4v) is 2.99. The summed E-state index contributed by atoms with van der Waals surface area (Å²) in [4.78, 5) is 10.5. The number of hydrogen-bond acceptors (Lipinski definition) is 3. The topological polar surface area (TPSA) is 86.7 Å². The Kier molecular flexibility index (Phi) is 6.08. The fourth-order valence-electron chi connectivity index (χ4n) is 1.32. The van der Waals surface area contributed by atoms with Gasteiger partial charge < -0.3 is 5.11 Å². The van der Waals surface area contributed by atoms with Gasteiger partial charge in [-0.05, 0) is 27.2 Å². The molecule has 7 heteroatoms. The van der Waals surface area contributed by atoms with E-state index in [0.717, 1.165) is 0 Å². The summed E-state index contributed by atoms with van der Waals surface area (Å²) in [7, 11) is -3.62. The SMILES string of the molecule is CCCNS(=O)(=O)N(CCC(=O)O)C(C)(C)C. The lowest BCUT2D eigenvalue weighted by Crippen LogP contribution is -2.51. The van der Waals surface area contributed by atoms with Crippen LogP contribution in [0.5, 0.6) is 0 Å². The molecule has 0 amide bonds. The van der Waals surface area contributed by atoms with Crippen LogP contribution in [0.4, 0.5) is 0 Å². The Balaban J connectivity index is 4.86. The van der Waals surface area contributed by atoms with Crippen molar-refractivity contribution in [3.8, 4) is 0 Å². The van der Waals surface area contributed by atoms with Gasteiger partial charge in [0.05, 0.1) is 6.42 Å². The number of carboxylic acid groups (broad SMARTS) is 1. The maximum atomic E-state index is 12.0. The van der Waals surface area contributed by atoms with E-state index < -0.39 is 21.7 Å². The molecule has 0 bridgehead atoms. The molecule has 0 fully saturated rings. The monoisotopic (exact) mass is 266 g/mol. The predicted molar refractivity (Wildman–Crippen MR) is 65.9 cm³/mol. The van der Waals surface area contributed by atoms with Gasteiger partial charge in [0.2, 0.25) is 0 Å². The van der Waals surface area contributed by atoms with Gasteiger partial charge in [-0.3, -0.25) is 4.79 Å². The summed E-state index contributed by atoms with van der Waals surface area (Å²) < 4.78 is 27.6. The van der Waals surface area contributed by atoms with E-state index in [-0.39, 0.29) is 13.0 Å². The lowest BCUT2D eigenvalue weighted by molar-refractivity contribution is -0.137. The quantitative estimate of drug-likeness (QED) is 0.714. The molecule has 0 aromatic carbocycles. The Morgan fingerprint density at radius 2 is 1.88 bits per heavy atom. The van der Waals surface area contributed by atoms with E-state index in [1.807, 2.05) is 6.92 Å². The van der Waals surface area contributed by atoms with E-state index in [0.29, 0.717) is 13.0 Å². The molecule has 6 nitrogen and oxygen atoms in total. The van der Waals surface area contributed by atoms with Crippen LogP contribution in [0, 0.1) is 0 Å². The van der Waals surface area contributed by atoms with Gasteiger partial charge in [-0.25, -0.2) is 4.72 Å². The maximum Gasteiger partial charge on any atom is 0.304 e. The number of nitrogens with one attached hydrogen (secondary N) is 1. The van der Waals surface area contributed by atoms with Crippen molar-refractivity contribution in [2.75, 3.05) is 13.1 Å². The van der Waals surface area contributed by atoms with Crippen LogP contribution in [0.15, 0.2) is 0 Å².